The van der Waals surface area contributed by atoms with E-state index in [0.717, 1.165) is 32.7 Å². The molecule has 2 rings (SSSR count). The number of benzene rings is 1. The molecule has 0 aliphatic carbocycles. The summed E-state index contributed by atoms with van der Waals surface area (Å²) in [6, 6.07) is 5.87. The van der Waals surface area contributed by atoms with E-state index < -0.39 is 0 Å². The van der Waals surface area contributed by atoms with Crippen molar-refractivity contribution in [3.8, 4) is 0 Å². The molecule has 0 spiro atoms. The summed E-state index contributed by atoms with van der Waals surface area (Å²) in [6.07, 6.45) is 1.14. The van der Waals surface area contributed by atoms with Crippen LogP contribution in [0.5, 0.6) is 0 Å². The Bertz CT molecular complexity index is 615. The Kier molecular flexibility index (Phi) is 4.60. The fraction of sp³-hybridized carbons (Fsp3) is 0.333. The Morgan fingerprint density at radius 1 is 1.35 bits per heavy atom. The lowest BCUT2D eigenvalue weighted by Gasteiger charge is -2.08. The molecule has 5 heteroatoms. The predicted molar refractivity (Wildman–Crippen MR) is 83.9 cm³/mol. The normalized spacial score (nSPS) is 10.6. The van der Waals surface area contributed by atoms with E-state index in [-0.39, 0.29) is 5.91 Å². The Labute approximate surface area is 127 Å². The smallest absolute Gasteiger partial charge is 0.224 e. The number of hydrogen-bond donors (Lipinski definition) is 2. The molecular formula is C15H18BrN3O. The number of anilines is 1. The number of amides is 1. The predicted octanol–water partition coefficient (Wildman–Crippen LogP) is 3.67. The first-order valence-corrected chi connectivity index (χ1v) is 7.33. The Morgan fingerprint density at radius 2 is 2.10 bits per heavy atom. The fourth-order valence-corrected chi connectivity index (χ4v) is 2.71. The number of H-pyrrole nitrogens is 1. The molecule has 0 fully saturated rings. The van der Waals surface area contributed by atoms with Crippen LogP contribution in [0.3, 0.4) is 0 Å². The highest BCUT2D eigenvalue weighted by Crippen LogP contribution is 2.23. The zero-order valence-corrected chi connectivity index (χ0v) is 13.5. The van der Waals surface area contributed by atoms with Crippen molar-refractivity contribution in [1.29, 1.82) is 0 Å². The minimum Gasteiger partial charge on any atom is -0.325 e. The molecular weight excluding hydrogens is 318 g/mol. The first-order valence-electron chi connectivity index (χ1n) is 6.54. The Morgan fingerprint density at radius 3 is 2.70 bits per heavy atom. The van der Waals surface area contributed by atoms with E-state index >= 15 is 0 Å². The first-order chi connectivity index (χ1) is 9.47. The van der Waals surface area contributed by atoms with Crippen LogP contribution < -0.4 is 5.32 Å². The van der Waals surface area contributed by atoms with E-state index in [0.29, 0.717) is 12.8 Å². The number of aryl methyl sites for hydroxylation is 3. The average molecular weight is 336 g/mol. The van der Waals surface area contributed by atoms with E-state index in [9.17, 15) is 4.79 Å². The summed E-state index contributed by atoms with van der Waals surface area (Å²) >= 11 is 3.46. The summed E-state index contributed by atoms with van der Waals surface area (Å²) < 4.78 is 0.904. The molecule has 106 valence electrons. The van der Waals surface area contributed by atoms with Crippen LogP contribution >= 0.6 is 15.9 Å². The number of nitrogens with one attached hydrogen (secondary N) is 2. The van der Waals surface area contributed by atoms with E-state index in [1.807, 2.05) is 39.0 Å². The summed E-state index contributed by atoms with van der Waals surface area (Å²) in [7, 11) is 0. The molecule has 2 N–H and O–H groups in total. The molecule has 2 aromatic rings. The lowest BCUT2D eigenvalue weighted by molar-refractivity contribution is -0.116. The number of carbonyl (C=O) groups excluding carboxylic acids is 1. The first kappa shape index (κ1) is 14.8. The summed E-state index contributed by atoms with van der Waals surface area (Å²) in [6.45, 7) is 5.94. The van der Waals surface area contributed by atoms with Crippen molar-refractivity contribution in [3.63, 3.8) is 0 Å². The van der Waals surface area contributed by atoms with Crippen LogP contribution in [0.1, 0.15) is 28.9 Å². The van der Waals surface area contributed by atoms with Gasteiger partial charge in [0.1, 0.15) is 0 Å². The number of aromatic amines is 1. The van der Waals surface area contributed by atoms with Gasteiger partial charge >= 0.3 is 0 Å². The Balaban J connectivity index is 1.96. The van der Waals surface area contributed by atoms with Crippen molar-refractivity contribution >= 4 is 27.5 Å². The number of aromatic nitrogens is 2. The molecule has 0 aliphatic heterocycles. The van der Waals surface area contributed by atoms with Gasteiger partial charge in [0.05, 0.1) is 11.4 Å². The van der Waals surface area contributed by atoms with Crippen LogP contribution in [0.2, 0.25) is 0 Å². The number of rotatable bonds is 4. The van der Waals surface area contributed by atoms with Gasteiger partial charge in [0, 0.05) is 16.6 Å². The van der Waals surface area contributed by atoms with Gasteiger partial charge in [-0.2, -0.15) is 5.10 Å². The summed E-state index contributed by atoms with van der Waals surface area (Å²) in [5.41, 5.74) is 5.09. The lowest BCUT2D eigenvalue weighted by Crippen LogP contribution is -2.13. The fourth-order valence-electron chi connectivity index (χ4n) is 2.12. The molecule has 0 atom stereocenters. The number of nitrogens with zero attached hydrogens (tertiary/aromatic N) is 1. The summed E-state index contributed by atoms with van der Waals surface area (Å²) in [4.78, 5) is 12.0. The van der Waals surface area contributed by atoms with Crippen molar-refractivity contribution in [1.82, 2.24) is 10.2 Å². The minimum atomic E-state index is 0.00885. The molecule has 4 nitrogen and oxygen atoms in total. The molecule has 0 saturated heterocycles. The third-order valence-electron chi connectivity index (χ3n) is 3.28. The molecule has 1 heterocycles. The quantitative estimate of drug-likeness (QED) is 0.895. The van der Waals surface area contributed by atoms with Crippen molar-refractivity contribution in [2.45, 2.75) is 33.6 Å². The van der Waals surface area contributed by atoms with Crippen LogP contribution in [0.4, 0.5) is 5.69 Å². The van der Waals surface area contributed by atoms with E-state index in [1.165, 1.54) is 0 Å². The topological polar surface area (TPSA) is 57.8 Å². The van der Waals surface area contributed by atoms with E-state index in [1.54, 1.807) is 0 Å². The van der Waals surface area contributed by atoms with Crippen molar-refractivity contribution in [2.75, 3.05) is 5.32 Å². The van der Waals surface area contributed by atoms with Crippen molar-refractivity contribution in [2.24, 2.45) is 0 Å². The average Bonchev–Trinajstić information content (AvgIpc) is 2.70. The molecule has 1 aromatic heterocycles. The van der Waals surface area contributed by atoms with Gasteiger partial charge in [0.15, 0.2) is 0 Å². The monoisotopic (exact) mass is 335 g/mol. The molecule has 0 aliphatic rings. The van der Waals surface area contributed by atoms with E-state index in [4.69, 9.17) is 0 Å². The molecule has 0 radical (unpaired) electrons. The third kappa shape index (κ3) is 3.48. The van der Waals surface area contributed by atoms with Crippen LogP contribution in [0.15, 0.2) is 22.7 Å². The van der Waals surface area contributed by atoms with Crippen LogP contribution in [0, 0.1) is 20.8 Å². The zero-order chi connectivity index (χ0) is 14.7. The standard InChI is InChI=1S/C15H18BrN3O/c1-9-4-6-14(13(16)8-9)17-15(20)7-5-12-10(2)18-19-11(12)3/h4,6,8H,5,7H2,1-3H3,(H,17,20)(H,18,19). The Hall–Kier alpha value is -1.62. The summed E-state index contributed by atoms with van der Waals surface area (Å²) in [5.74, 6) is 0.00885. The van der Waals surface area contributed by atoms with Gasteiger partial charge in [-0.3, -0.25) is 9.89 Å². The highest BCUT2D eigenvalue weighted by molar-refractivity contribution is 9.10. The molecule has 20 heavy (non-hydrogen) atoms. The van der Waals surface area contributed by atoms with Gasteiger partial charge in [-0.15, -0.1) is 0 Å². The van der Waals surface area contributed by atoms with Gasteiger partial charge in [0.25, 0.3) is 0 Å². The van der Waals surface area contributed by atoms with Crippen molar-refractivity contribution < 1.29 is 4.79 Å². The second-order valence-corrected chi connectivity index (χ2v) is 5.80. The second kappa shape index (κ2) is 6.22. The lowest BCUT2D eigenvalue weighted by atomic mass is 10.1. The van der Waals surface area contributed by atoms with Gasteiger partial charge in [0.2, 0.25) is 5.91 Å². The molecule has 0 bridgehead atoms. The highest BCUT2D eigenvalue weighted by atomic mass is 79.9. The largest absolute Gasteiger partial charge is 0.325 e. The minimum absolute atomic E-state index is 0.00885. The number of halogens is 1. The van der Waals surface area contributed by atoms with Gasteiger partial charge in [-0.25, -0.2) is 0 Å². The van der Waals surface area contributed by atoms with Crippen molar-refractivity contribution in [3.05, 3.63) is 45.2 Å². The number of carbonyl (C=O) groups is 1. The van der Waals surface area contributed by atoms with Gasteiger partial charge in [-0.1, -0.05) is 6.07 Å². The van der Waals surface area contributed by atoms with Crippen LogP contribution in [-0.4, -0.2) is 16.1 Å². The van der Waals surface area contributed by atoms with Gasteiger partial charge < -0.3 is 5.32 Å². The SMILES string of the molecule is Cc1ccc(NC(=O)CCc2c(C)n[nH]c2C)c(Br)c1. The maximum Gasteiger partial charge on any atom is 0.224 e. The molecule has 1 aromatic carbocycles. The zero-order valence-electron chi connectivity index (χ0n) is 11.9. The number of hydrogen-bond acceptors (Lipinski definition) is 2. The highest BCUT2D eigenvalue weighted by Gasteiger charge is 2.10. The third-order valence-corrected chi connectivity index (χ3v) is 3.94. The molecule has 0 saturated carbocycles. The van der Waals surface area contributed by atoms with E-state index in [2.05, 4.69) is 31.4 Å². The maximum absolute atomic E-state index is 12.0. The molecule has 0 unspecified atom stereocenters. The van der Waals surface area contributed by atoms with Gasteiger partial charge in [-0.05, 0) is 66.4 Å². The van der Waals surface area contributed by atoms with Crippen LogP contribution in [0.25, 0.3) is 0 Å². The molecule has 1 amide bonds. The maximum atomic E-state index is 12.0. The second-order valence-electron chi connectivity index (χ2n) is 4.94. The van der Waals surface area contributed by atoms with Crippen LogP contribution in [-0.2, 0) is 11.2 Å². The summed E-state index contributed by atoms with van der Waals surface area (Å²) in [5, 5.41) is 10.00.